The fourth-order valence-corrected chi connectivity index (χ4v) is 12.5. The summed E-state index contributed by atoms with van der Waals surface area (Å²) in [4.78, 5) is 123. The van der Waals surface area contributed by atoms with Crippen LogP contribution in [0.3, 0.4) is 0 Å². The van der Waals surface area contributed by atoms with Gasteiger partial charge in [0.2, 0.25) is 11.8 Å². The first-order chi connectivity index (χ1) is 45.1. The highest BCUT2D eigenvalue weighted by Crippen LogP contribution is 2.43. The lowest BCUT2D eigenvalue weighted by Crippen LogP contribution is -2.66. The van der Waals surface area contributed by atoms with E-state index in [1.54, 1.807) is 0 Å². The molecule has 0 saturated carbocycles. The molecule has 0 aromatic carbocycles. The SMILES string of the molecule is CCCCCCCCCCC[C@H](CC(=O)NC1[C@H](OC[C@@H](COP(=O)(O)O)NC(=O)C[C@@H](CCCCCCCCCCC)OC(=O)CCCCC)OC(CO)[C@@H](OP(=O)(O)O)[C@@H]1OC(=O)C[C@@H](CCCCCCCCCCC)OC(=O)CCCCC)OC(=O)CCCCC. The van der Waals surface area contributed by atoms with E-state index in [1.165, 1.54) is 38.5 Å². The van der Waals surface area contributed by atoms with Gasteiger partial charge >= 0.3 is 39.5 Å². The maximum atomic E-state index is 14.7. The molecule has 1 aliphatic heterocycles. The molecular formula is C69H130N2O21P2. The first kappa shape index (κ1) is 88.9. The van der Waals surface area contributed by atoms with Crippen molar-refractivity contribution in [1.29, 1.82) is 0 Å². The Morgan fingerprint density at radius 1 is 0.426 bits per heavy atom. The van der Waals surface area contributed by atoms with Gasteiger partial charge in [-0.3, -0.25) is 37.8 Å². The standard InChI is InChI=1S/C69H130N2O21P2/c1-7-13-19-22-25-28-31-34-40-43-56(87-62(75)46-37-16-10-4)49-60(73)70-55(54-86-93(79,80)81)53-85-69-66(71-61(74)50-57(88-63(76)47-38-17-11-5)44-41-35-32-29-26-23-20-14-8-2)68(67(59(52-72)90-69)92-94(82,83)84)91-65(78)51-58(89-64(77)48-39-18-12-6)45-42-36-33-30-27-24-21-15-9-3/h55-59,66-69,72H,7-54H2,1-6H3,(H,70,73)(H,71,74)(H2,79,80,81)(H2,82,83,84)/t55-,56+,57+,58+,59?,66?,67+,68+,69+/m0/s1. The molecule has 0 radical (unpaired) electrons. The first-order valence-electron chi connectivity index (χ1n) is 36.8. The van der Waals surface area contributed by atoms with E-state index < -0.39 is 139 Å². The van der Waals surface area contributed by atoms with E-state index in [-0.39, 0.29) is 32.1 Å². The predicted octanol–water partition coefficient (Wildman–Crippen LogP) is 14.6. The number of ether oxygens (including phenoxy) is 6. The van der Waals surface area contributed by atoms with Crippen LogP contribution < -0.4 is 10.6 Å². The molecule has 0 spiro atoms. The van der Waals surface area contributed by atoms with Crippen molar-refractivity contribution in [2.45, 2.75) is 385 Å². The van der Waals surface area contributed by atoms with Crippen molar-refractivity contribution in [3.8, 4) is 0 Å². The number of carbonyl (C=O) groups is 6. The second kappa shape index (κ2) is 56.8. The highest BCUT2D eigenvalue weighted by molar-refractivity contribution is 7.46. The Morgan fingerprint density at radius 3 is 1.14 bits per heavy atom. The second-order valence-corrected chi connectivity index (χ2v) is 28.3. The van der Waals surface area contributed by atoms with E-state index >= 15 is 0 Å². The van der Waals surface area contributed by atoms with Crippen LogP contribution in [0.15, 0.2) is 0 Å². The van der Waals surface area contributed by atoms with E-state index in [0.717, 1.165) is 154 Å². The van der Waals surface area contributed by atoms with Gasteiger partial charge in [-0.05, 0) is 57.8 Å². The van der Waals surface area contributed by atoms with E-state index in [0.29, 0.717) is 51.4 Å². The van der Waals surface area contributed by atoms with Crippen LogP contribution in [0.1, 0.15) is 330 Å². The molecule has 2 unspecified atom stereocenters. The number of nitrogens with one attached hydrogen (secondary N) is 2. The number of phosphoric acid groups is 2. The van der Waals surface area contributed by atoms with Crippen LogP contribution in [0.5, 0.6) is 0 Å². The molecule has 1 saturated heterocycles. The summed E-state index contributed by atoms with van der Waals surface area (Å²) >= 11 is 0. The summed E-state index contributed by atoms with van der Waals surface area (Å²) < 4.78 is 71.5. The van der Waals surface area contributed by atoms with Crippen molar-refractivity contribution in [3.05, 3.63) is 0 Å². The number of hydrogen-bond acceptors (Lipinski definition) is 17. The van der Waals surface area contributed by atoms with E-state index in [9.17, 15) is 62.6 Å². The molecule has 1 aliphatic rings. The molecule has 25 heteroatoms. The fourth-order valence-electron chi connectivity index (χ4n) is 11.6. The molecule has 2 amide bonds. The normalized spacial score (nSPS) is 18.0. The minimum absolute atomic E-state index is 0.0992. The quantitative estimate of drug-likeness (QED) is 0.0129. The predicted molar refractivity (Wildman–Crippen MR) is 362 cm³/mol. The molecule has 7 N–H and O–H groups in total. The maximum Gasteiger partial charge on any atom is 0.470 e. The Hall–Kier alpha value is -3.08. The van der Waals surface area contributed by atoms with E-state index in [1.807, 2.05) is 20.8 Å². The van der Waals surface area contributed by atoms with Crippen LogP contribution in [0.2, 0.25) is 0 Å². The number of aliphatic hydroxyl groups is 1. The lowest BCUT2D eigenvalue weighted by Gasteiger charge is -2.45. The molecule has 0 aromatic rings. The van der Waals surface area contributed by atoms with Crippen molar-refractivity contribution in [3.63, 3.8) is 0 Å². The average Bonchev–Trinajstić information content (AvgIpc) is 0.789. The van der Waals surface area contributed by atoms with Crippen LogP contribution in [-0.2, 0) is 75.4 Å². The molecule has 1 rings (SSSR count). The highest BCUT2D eigenvalue weighted by Gasteiger charge is 2.52. The monoisotopic (exact) mass is 1380 g/mol. The van der Waals surface area contributed by atoms with Gasteiger partial charge in [0, 0.05) is 19.3 Å². The zero-order valence-electron chi connectivity index (χ0n) is 58.8. The Bertz CT molecular complexity index is 2060. The van der Waals surface area contributed by atoms with Crippen LogP contribution in [0.4, 0.5) is 0 Å². The molecule has 1 heterocycles. The van der Waals surface area contributed by atoms with Gasteiger partial charge < -0.3 is 63.7 Å². The fraction of sp³-hybridized carbons (Fsp3) is 0.913. The van der Waals surface area contributed by atoms with Crippen LogP contribution in [-0.4, -0.2) is 135 Å². The zero-order chi connectivity index (χ0) is 69.7. The summed E-state index contributed by atoms with van der Waals surface area (Å²) in [5.41, 5.74) is 0. The smallest absolute Gasteiger partial charge is 0.462 e. The number of esters is 4. The summed E-state index contributed by atoms with van der Waals surface area (Å²) in [6.45, 7) is 9.85. The third-order valence-corrected chi connectivity index (χ3v) is 17.9. The summed E-state index contributed by atoms with van der Waals surface area (Å²) in [6, 6.07) is -3.21. The topological polar surface area (TPSA) is 336 Å². The van der Waals surface area contributed by atoms with Crippen molar-refractivity contribution in [1.82, 2.24) is 10.6 Å². The minimum Gasteiger partial charge on any atom is -0.462 e. The number of rotatable bonds is 63. The Labute approximate surface area is 565 Å². The van der Waals surface area contributed by atoms with Crippen molar-refractivity contribution >= 4 is 51.3 Å². The molecule has 94 heavy (non-hydrogen) atoms. The van der Waals surface area contributed by atoms with Crippen LogP contribution in [0.25, 0.3) is 0 Å². The number of aliphatic hydroxyl groups excluding tert-OH is 1. The number of phosphoric ester groups is 2. The molecule has 0 aliphatic carbocycles. The largest absolute Gasteiger partial charge is 0.470 e. The summed E-state index contributed by atoms with van der Waals surface area (Å²) in [6.07, 6.45) is 23.6. The third kappa shape index (κ3) is 48.6. The number of hydrogen-bond donors (Lipinski definition) is 7. The number of carbonyl (C=O) groups excluding carboxylic acids is 6. The van der Waals surface area contributed by atoms with Crippen molar-refractivity contribution in [2.75, 3.05) is 19.8 Å². The molecule has 9 atom stereocenters. The van der Waals surface area contributed by atoms with Crippen LogP contribution in [0, 0.1) is 0 Å². The third-order valence-electron chi connectivity index (χ3n) is 16.9. The summed E-state index contributed by atoms with van der Waals surface area (Å²) in [5.74, 6) is -4.08. The van der Waals surface area contributed by atoms with Gasteiger partial charge in [-0.25, -0.2) is 9.13 Å². The van der Waals surface area contributed by atoms with Gasteiger partial charge in [0.25, 0.3) is 0 Å². The van der Waals surface area contributed by atoms with Gasteiger partial charge in [-0.2, -0.15) is 0 Å². The maximum absolute atomic E-state index is 14.7. The van der Waals surface area contributed by atoms with Gasteiger partial charge in [0.15, 0.2) is 12.4 Å². The van der Waals surface area contributed by atoms with Crippen LogP contribution >= 0.6 is 15.6 Å². The lowest BCUT2D eigenvalue weighted by molar-refractivity contribution is -0.272. The zero-order valence-corrected chi connectivity index (χ0v) is 60.6. The van der Waals surface area contributed by atoms with Gasteiger partial charge in [-0.1, -0.05) is 234 Å². The van der Waals surface area contributed by atoms with Gasteiger partial charge in [-0.15, -0.1) is 0 Å². The van der Waals surface area contributed by atoms with Crippen molar-refractivity contribution in [2.24, 2.45) is 0 Å². The average molecular weight is 1390 g/mol. The summed E-state index contributed by atoms with van der Waals surface area (Å²) in [7, 11) is -10.8. The van der Waals surface area contributed by atoms with E-state index in [4.69, 9.17) is 37.5 Å². The Morgan fingerprint density at radius 2 is 0.777 bits per heavy atom. The minimum atomic E-state index is -5.57. The highest BCUT2D eigenvalue weighted by atomic mass is 31.2. The molecule has 0 bridgehead atoms. The lowest BCUT2D eigenvalue weighted by atomic mass is 9.95. The molecule has 1 fully saturated rings. The van der Waals surface area contributed by atoms with Gasteiger partial charge in [0.1, 0.15) is 36.6 Å². The Balaban J connectivity index is 3.89. The second-order valence-electron chi connectivity index (χ2n) is 25.9. The first-order valence-corrected chi connectivity index (χ1v) is 39.9. The molecule has 552 valence electrons. The number of amides is 2. The molecular weight excluding hydrogens is 1250 g/mol. The Kier molecular flexibility index (Phi) is 53.7. The molecule has 23 nitrogen and oxygen atoms in total. The van der Waals surface area contributed by atoms with Gasteiger partial charge in [0.05, 0.1) is 45.1 Å². The molecule has 0 aromatic heterocycles. The number of unbranched alkanes of at least 4 members (excludes halogenated alkanes) is 30. The van der Waals surface area contributed by atoms with Crippen molar-refractivity contribution < 1.29 is 100 Å². The summed E-state index contributed by atoms with van der Waals surface area (Å²) in [5, 5.41) is 16.3. The van der Waals surface area contributed by atoms with E-state index in [2.05, 4.69) is 31.4 Å².